The Morgan fingerprint density at radius 1 is 1.42 bits per heavy atom. The number of hydrogen-bond acceptors (Lipinski definition) is 4. The molecule has 1 heterocycles. The van der Waals surface area contributed by atoms with Crippen molar-refractivity contribution in [3.8, 4) is 5.69 Å². The Labute approximate surface area is 110 Å². The highest BCUT2D eigenvalue weighted by atomic mass is 32.2. The van der Waals surface area contributed by atoms with E-state index in [9.17, 15) is 12.8 Å². The minimum absolute atomic E-state index is 0.104. The number of sulfone groups is 1. The molecule has 0 aliphatic rings. The standard InChI is InChI=1S/C12H14FN3O2S/c1-8(14)11-5-9(13)3-4-12(11)16-7-10(6-15-16)19(2,17)18/h3-8H,14H2,1-2H3/t8-/m0/s1. The molecule has 19 heavy (non-hydrogen) atoms. The van der Waals surface area contributed by atoms with E-state index in [4.69, 9.17) is 5.73 Å². The molecule has 1 aromatic heterocycles. The Balaban J connectivity index is 2.56. The van der Waals surface area contributed by atoms with Gasteiger partial charge < -0.3 is 5.73 Å². The first-order chi connectivity index (χ1) is 8.79. The highest BCUT2D eigenvalue weighted by Crippen LogP contribution is 2.22. The normalized spacial score (nSPS) is 13.5. The van der Waals surface area contributed by atoms with Gasteiger partial charge in [-0.05, 0) is 30.7 Å². The molecule has 7 heteroatoms. The fourth-order valence-electron chi connectivity index (χ4n) is 1.73. The Hall–Kier alpha value is -1.73. The summed E-state index contributed by atoms with van der Waals surface area (Å²) in [5.74, 6) is -0.397. The number of hydrogen-bond donors (Lipinski definition) is 1. The summed E-state index contributed by atoms with van der Waals surface area (Å²) in [6.07, 6.45) is 3.74. The van der Waals surface area contributed by atoms with Crippen LogP contribution in [0.4, 0.5) is 4.39 Å². The number of rotatable bonds is 3. The Bertz CT molecular complexity index is 708. The van der Waals surface area contributed by atoms with Gasteiger partial charge in [-0.1, -0.05) is 0 Å². The number of halogens is 1. The SMILES string of the molecule is C[C@H](N)c1cc(F)ccc1-n1cc(S(C)(=O)=O)cn1. The zero-order valence-corrected chi connectivity index (χ0v) is 11.4. The van der Waals surface area contributed by atoms with Gasteiger partial charge in [-0.2, -0.15) is 5.10 Å². The van der Waals surface area contributed by atoms with Gasteiger partial charge in [0.25, 0.3) is 0 Å². The van der Waals surface area contributed by atoms with E-state index in [1.165, 1.54) is 35.3 Å². The summed E-state index contributed by atoms with van der Waals surface area (Å²) in [6, 6.07) is 3.73. The molecule has 0 spiro atoms. The fourth-order valence-corrected chi connectivity index (χ4v) is 2.26. The summed E-state index contributed by atoms with van der Waals surface area (Å²) in [5, 5.41) is 3.99. The lowest BCUT2D eigenvalue weighted by molar-refractivity contribution is 0.601. The maximum atomic E-state index is 13.2. The van der Waals surface area contributed by atoms with Crippen molar-refractivity contribution in [2.24, 2.45) is 5.73 Å². The third-order valence-electron chi connectivity index (χ3n) is 2.71. The number of nitrogens with two attached hydrogens (primary N) is 1. The van der Waals surface area contributed by atoms with Gasteiger partial charge in [0, 0.05) is 18.5 Å². The average molecular weight is 283 g/mol. The van der Waals surface area contributed by atoms with Crippen LogP contribution in [0.2, 0.25) is 0 Å². The minimum atomic E-state index is -3.32. The predicted molar refractivity (Wildman–Crippen MR) is 69.2 cm³/mol. The fraction of sp³-hybridized carbons (Fsp3) is 0.250. The van der Waals surface area contributed by atoms with E-state index >= 15 is 0 Å². The molecule has 2 rings (SSSR count). The lowest BCUT2D eigenvalue weighted by Gasteiger charge is -2.12. The van der Waals surface area contributed by atoms with Gasteiger partial charge in [0.1, 0.15) is 10.7 Å². The van der Waals surface area contributed by atoms with Crippen molar-refractivity contribution < 1.29 is 12.8 Å². The van der Waals surface area contributed by atoms with Gasteiger partial charge in [0.05, 0.1) is 11.9 Å². The summed E-state index contributed by atoms with van der Waals surface area (Å²) in [4.78, 5) is 0.104. The third-order valence-corrected chi connectivity index (χ3v) is 3.78. The second-order valence-corrected chi connectivity index (χ2v) is 6.40. The second-order valence-electron chi connectivity index (χ2n) is 4.38. The average Bonchev–Trinajstić information content (AvgIpc) is 2.77. The maximum Gasteiger partial charge on any atom is 0.178 e. The minimum Gasteiger partial charge on any atom is -0.324 e. The molecule has 0 fully saturated rings. The van der Waals surface area contributed by atoms with Crippen molar-refractivity contribution in [3.63, 3.8) is 0 Å². The highest BCUT2D eigenvalue weighted by molar-refractivity contribution is 7.90. The van der Waals surface area contributed by atoms with E-state index in [-0.39, 0.29) is 4.90 Å². The van der Waals surface area contributed by atoms with E-state index in [0.717, 1.165) is 6.26 Å². The number of benzene rings is 1. The molecule has 2 aromatic rings. The summed E-state index contributed by atoms with van der Waals surface area (Å²) in [6.45, 7) is 1.72. The van der Waals surface area contributed by atoms with Crippen LogP contribution < -0.4 is 5.73 Å². The molecule has 0 saturated heterocycles. The molecule has 5 nitrogen and oxygen atoms in total. The van der Waals surface area contributed by atoms with Crippen LogP contribution in [0.3, 0.4) is 0 Å². The van der Waals surface area contributed by atoms with Crippen molar-refractivity contribution in [1.82, 2.24) is 9.78 Å². The molecule has 0 aliphatic carbocycles. The number of aromatic nitrogens is 2. The van der Waals surface area contributed by atoms with E-state index in [2.05, 4.69) is 5.10 Å². The molecule has 0 amide bonds. The second kappa shape index (κ2) is 4.75. The van der Waals surface area contributed by atoms with Crippen LogP contribution in [-0.4, -0.2) is 24.5 Å². The van der Waals surface area contributed by atoms with Crippen molar-refractivity contribution in [2.75, 3.05) is 6.26 Å². The van der Waals surface area contributed by atoms with Crippen LogP contribution in [0, 0.1) is 5.82 Å². The molecular formula is C12H14FN3O2S. The quantitative estimate of drug-likeness (QED) is 0.924. The van der Waals surface area contributed by atoms with E-state index in [1.807, 2.05) is 0 Å². The van der Waals surface area contributed by atoms with Gasteiger partial charge in [-0.25, -0.2) is 17.5 Å². The van der Waals surface area contributed by atoms with Crippen LogP contribution in [0.25, 0.3) is 5.69 Å². The largest absolute Gasteiger partial charge is 0.324 e. The van der Waals surface area contributed by atoms with Gasteiger partial charge in [0.15, 0.2) is 9.84 Å². The first kappa shape index (κ1) is 13.7. The van der Waals surface area contributed by atoms with Crippen LogP contribution in [-0.2, 0) is 9.84 Å². The smallest absolute Gasteiger partial charge is 0.178 e. The summed E-state index contributed by atoms with van der Waals surface area (Å²) in [5.41, 5.74) is 6.91. The van der Waals surface area contributed by atoms with E-state index < -0.39 is 21.7 Å². The first-order valence-electron chi connectivity index (χ1n) is 5.59. The maximum absolute atomic E-state index is 13.2. The lowest BCUT2D eigenvalue weighted by Crippen LogP contribution is -2.10. The molecule has 0 aliphatic heterocycles. The lowest BCUT2D eigenvalue weighted by atomic mass is 10.1. The molecule has 0 saturated carbocycles. The zero-order chi connectivity index (χ0) is 14.2. The van der Waals surface area contributed by atoms with Gasteiger partial charge in [0.2, 0.25) is 0 Å². The zero-order valence-electron chi connectivity index (χ0n) is 10.5. The topological polar surface area (TPSA) is 78.0 Å². The van der Waals surface area contributed by atoms with Crippen molar-refractivity contribution in [3.05, 3.63) is 42.0 Å². The van der Waals surface area contributed by atoms with Crippen LogP contribution in [0.15, 0.2) is 35.5 Å². The van der Waals surface area contributed by atoms with Crippen LogP contribution in [0.5, 0.6) is 0 Å². The molecule has 0 bridgehead atoms. The molecule has 2 N–H and O–H groups in total. The third kappa shape index (κ3) is 2.82. The molecule has 1 atom stereocenters. The monoisotopic (exact) mass is 283 g/mol. The highest BCUT2D eigenvalue weighted by Gasteiger charge is 2.14. The summed E-state index contributed by atoms with van der Waals surface area (Å²) >= 11 is 0. The number of nitrogens with zero attached hydrogens (tertiary/aromatic N) is 2. The Morgan fingerprint density at radius 2 is 2.11 bits per heavy atom. The molecule has 1 aromatic carbocycles. The van der Waals surface area contributed by atoms with E-state index in [1.54, 1.807) is 6.92 Å². The Kier molecular flexibility index (Phi) is 3.42. The van der Waals surface area contributed by atoms with Crippen molar-refractivity contribution >= 4 is 9.84 Å². The van der Waals surface area contributed by atoms with Crippen molar-refractivity contribution in [1.29, 1.82) is 0 Å². The van der Waals surface area contributed by atoms with Crippen LogP contribution in [0.1, 0.15) is 18.5 Å². The summed E-state index contributed by atoms with van der Waals surface area (Å²) < 4.78 is 37.4. The molecular weight excluding hydrogens is 269 g/mol. The molecule has 0 radical (unpaired) electrons. The molecule has 102 valence electrons. The van der Waals surface area contributed by atoms with Crippen LogP contribution >= 0.6 is 0 Å². The van der Waals surface area contributed by atoms with Gasteiger partial charge in [-0.3, -0.25) is 0 Å². The summed E-state index contributed by atoms with van der Waals surface area (Å²) in [7, 11) is -3.32. The van der Waals surface area contributed by atoms with Crippen molar-refractivity contribution in [2.45, 2.75) is 17.9 Å². The first-order valence-corrected chi connectivity index (χ1v) is 7.48. The Morgan fingerprint density at radius 3 is 2.63 bits per heavy atom. The van der Waals surface area contributed by atoms with Gasteiger partial charge in [-0.15, -0.1) is 0 Å². The van der Waals surface area contributed by atoms with Gasteiger partial charge >= 0.3 is 0 Å². The molecule has 0 unspecified atom stereocenters. The van der Waals surface area contributed by atoms with E-state index in [0.29, 0.717) is 11.3 Å². The predicted octanol–water partition coefficient (Wildman–Crippen LogP) is 1.43.